The van der Waals surface area contributed by atoms with E-state index in [-0.39, 0.29) is 0 Å². The third-order valence-corrected chi connectivity index (χ3v) is 3.77. The van der Waals surface area contributed by atoms with Gasteiger partial charge in [0.05, 0.1) is 0 Å². The van der Waals surface area contributed by atoms with Gasteiger partial charge < -0.3 is 10.2 Å². The number of piperidine rings is 1. The molecular weight excluding hydrogens is 238 g/mol. The molecule has 0 aromatic carbocycles. The summed E-state index contributed by atoms with van der Waals surface area (Å²) in [6.07, 6.45) is 4.71. The molecule has 0 amide bonds. The van der Waals surface area contributed by atoms with Crippen molar-refractivity contribution in [2.75, 3.05) is 31.6 Å². The van der Waals surface area contributed by atoms with E-state index in [1.807, 2.05) is 7.05 Å². The molecule has 1 saturated heterocycles. The number of aromatic amines is 1. The number of anilines is 1. The number of aryl methyl sites for hydroxylation is 1. The Morgan fingerprint density at radius 2 is 2.32 bits per heavy atom. The van der Waals surface area contributed by atoms with Crippen LogP contribution >= 0.6 is 0 Å². The summed E-state index contributed by atoms with van der Waals surface area (Å²) in [5.74, 6) is 3.35. The van der Waals surface area contributed by atoms with Crippen LogP contribution in [0.15, 0.2) is 0 Å². The predicted octanol–water partition coefficient (Wildman–Crippen LogP) is 1.83. The van der Waals surface area contributed by atoms with Crippen LogP contribution in [-0.4, -0.2) is 41.9 Å². The fourth-order valence-electron chi connectivity index (χ4n) is 2.67. The molecule has 0 saturated carbocycles. The molecule has 2 rings (SSSR count). The van der Waals surface area contributed by atoms with Gasteiger partial charge >= 0.3 is 0 Å². The Kier molecular flexibility index (Phi) is 5.19. The summed E-state index contributed by atoms with van der Waals surface area (Å²) in [5.41, 5.74) is 0. The molecule has 1 atom stereocenters. The summed E-state index contributed by atoms with van der Waals surface area (Å²) in [5, 5.41) is 10.7. The average Bonchev–Trinajstić information content (AvgIpc) is 2.86. The van der Waals surface area contributed by atoms with Crippen molar-refractivity contribution in [3.8, 4) is 0 Å². The Bertz CT molecular complexity index is 372. The third kappa shape index (κ3) is 4.20. The first kappa shape index (κ1) is 14.3. The number of nitrogens with zero attached hydrogens (tertiary/aromatic N) is 3. The molecule has 0 radical (unpaired) electrons. The van der Waals surface area contributed by atoms with Crippen LogP contribution in [0.25, 0.3) is 0 Å². The zero-order chi connectivity index (χ0) is 13.7. The van der Waals surface area contributed by atoms with E-state index < -0.39 is 0 Å². The Morgan fingerprint density at radius 3 is 3.05 bits per heavy atom. The Morgan fingerprint density at radius 1 is 1.47 bits per heavy atom. The monoisotopic (exact) mass is 265 g/mol. The molecular formula is C14H27N5. The highest BCUT2D eigenvalue weighted by atomic mass is 15.4. The molecule has 5 nitrogen and oxygen atoms in total. The zero-order valence-corrected chi connectivity index (χ0v) is 12.4. The lowest BCUT2D eigenvalue weighted by Gasteiger charge is -2.31. The molecule has 19 heavy (non-hydrogen) atoms. The summed E-state index contributed by atoms with van der Waals surface area (Å²) < 4.78 is 0. The topological polar surface area (TPSA) is 56.8 Å². The van der Waals surface area contributed by atoms with Crippen LogP contribution in [0.3, 0.4) is 0 Å². The molecule has 1 aromatic rings. The molecule has 0 aliphatic carbocycles. The molecule has 0 spiro atoms. The molecule has 1 fully saturated rings. The van der Waals surface area contributed by atoms with E-state index in [0.717, 1.165) is 50.2 Å². The fourth-order valence-corrected chi connectivity index (χ4v) is 2.67. The second-order valence-electron chi connectivity index (χ2n) is 6.03. The van der Waals surface area contributed by atoms with Gasteiger partial charge in [0.15, 0.2) is 0 Å². The lowest BCUT2D eigenvalue weighted by Crippen LogP contribution is -2.39. The highest BCUT2D eigenvalue weighted by molar-refractivity contribution is 5.29. The first-order chi connectivity index (χ1) is 9.19. The van der Waals surface area contributed by atoms with Crippen molar-refractivity contribution >= 4 is 5.95 Å². The molecule has 2 N–H and O–H groups in total. The SMILES string of the molecule is CNCC1CCCN(c2n[nH]c(CCC(C)C)n2)C1. The predicted molar refractivity (Wildman–Crippen MR) is 78.4 cm³/mol. The lowest BCUT2D eigenvalue weighted by atomic mass is 9.98. The van der Waals surface area contributed by atoms with Gasteiger partial charge in [0.2, 0.25) is 5.95 Å². The van der Waals surface area contributed by atoms with Crippen molar-refractivity contribution < 1.29 is 0 Å². The van der Waals surface area contributed by atoms with Crippen LogP contribution in [0.5, 0.6) is 0 Å². The first-order valence-electron chi connectivity index (χ1n) is 7.50. The van der Waals surface area contributed by atoms with Gasteiger partial charge in [0.25, 0.3) is 0 Å². The molecule has 1 unspecified atom stereocenters. The van der Waals surface area contributed by atoms with Crippen molar-refractivity contribution in [2.45, 2.75) is 39.5 Å². The van der Waals surface area contributed by atoms with Crippen LogP contribution in [-0.2, 0) is 6.42 Å². The zero-order valence-electron chi connectivity index (χ0n) is 12.4. The highest BCUT2D eigenvalue weighted by Crippen LogP contribution is 2.20. The van der Waals surface area contributed by atoms with E-state index >= 15 is 0 Å². The van der Waals surface area contributed by atoms with Crippen molar-refractivity contribution in [1.82, 2.24) is 20.5 Å². The standard InChI is InChI=1S/C14H27N5/c1-11(2)6-7-13-16-14(18-17-13)19-8-4-5-12(10-19)9-15-3/h11-12,15H,4-10H2,1-3H3,(H,16,17,18). The second kappa shape index (κ2) is 6.89. The van der Waals surface area contributed by atoms with Crippen molar-refractivity contribution in [2.24, 2.45) is 11.8 Å². The van der Waals surface area contributed by atoms with Crippen LogP contribution in [0.1, 0.15) is 38.9 Å². The summed E-state index contributed by atoms with van der Waals surface area (Å²) >= 11 is 0. The van der Waals surface area contributed by atoms with Crippen molar-refractivity contribution in [3.05, 3.63) is 5.82 Å². The molecule has 5 heteroatoms. The summed E-state index contributed by atoms with van der Waals surface area (Å²) in [7, 11) is 2.02. The first-order valence-corrected chi connectivity index (χ1v) is 7.50. The van der Waals surface area contributed by atoms with Crippen LogP contribution in [0, 0.1) is 11.8 Å². The molecule has 0 bridgehead atoms. The minimum Gasteiger partial charge on any atom is -0.339 e. The van der Waals surface area contributed by atoms with Crippen molar-refractivity contribution in [1.29, 1.82) is 0 Å². The fraction of sp³-hybridized carbons (Fsp3) is 0.857. The van der Waals surface area contributed by atoms with E-state index in [4.69, 9.17) is 0 Å². The largest absolute Gasteiger partial charge is 0.339 e. The number of rotatable bonds is 6. The molecule has 1 aliphatic rings. The molecule has 1 aliphatic heterocycles. The second-order valence-corrected chi connectivity index (χ2v) is 6.03. The normalized spacial score (nSPS) is 20.2. The minimum absolute atomic E-state index is 0.712. The smallest absolute Gasteiger partial charge is 0.244 e. The Labute approximate surface area is 116 Å². The van der Waals surface area contributed by atoms with Crippen molar-refractivity contribution in [3.63, 3.8) is 0 Å². The van der Waals surface area contributed by atoms with Crippen LogP contribution in [0.2, 0.25) is 0 Å². The molecule has 2 heterocycles. The van der Waals surface area contributed by atoms with Gasteiger partial charge in [-0.15, -0.1) is 5.10 Å². The Balaban J connectivity index is 1.90. The Hall–Kier alpha value is -1.10. The maximum Gasteiger partial charge on any atom is 0.244 e. The number of nitrogens with one attached hydrogen (secondary N) is 2. The van der Waals surface area contributed by atoms with E-state index in [1.165, 1.54) is 12.8 Å². The van der Waals surface area contributed by atoms with E-state index in [9.17, 15) is 0 Å². The summed E-state index contributed by atoms with van der Waals surface area (Å²) in [4.78, 5) is 6.96. The molecule has 108 valence electrons. The van der Waals surface area contributed by atoms with Crippen LogP contribution < -0.4 is 10.2 Å². The van der Waals surface area contributed by atoms with E-state index in [1.54, 1.807) is 0 Å². The summed E-state index contributed by atoms with van der Waals surface area (Å²) in [6, 6.07) is 0. The third-order valence-electron chi connectivity index (χ3n) is 3.77. The minimum atomic E-state index is 0.712. The average molecular weight is 265 g/mol. The molecule has 1 aromatic heterocycles. The maximum absolute atomic E-state index is 4.64. The maximum atomic E-state index is 4.64. The summed E-state index contributed by atoms with van der Waals surface area (Å²) in [6.45, 7) is 7.72. The number of hydrogen-bond donors (Lipinski definition) is 2. The van der Waals surface area contributed by atoms with E-state index in [2.05, 4.69) is 39.2 Å². The number of aromatic nitrogens is 3. The highest BCUT2D eigenvalue weighted by Gasteiger charge is 2.22. The van der Waals surface area contributed by atoms with Gasteiger partial charge in [-0.05, 0) is 44.7 Å². The quantitative estimate of drug-likeness (QED) is 0.824. The van der Waals surface area contributed by atoms with Gasteiger partial charge in [-0.2, -0.15) is 4.98 Å². The van der Waals surface area contributed by atoms with Gasteiger partial charge in [-0.1, -0.05) is 13.8 Å². The van der Waals surface area contributed by atoms with Gasteiger partial charge in [0, 0.05) is 19.5 Å². The lowest BCUT2D eigenvalue weighted by molar-refractivity contribution is 0.399. The number of H-pyrrole nitrogens is 1. The number of hydrogen-bond acceptors (Lipinski definition) is 4. The van der Waals surface area contributed by atoms with Gasteiger partial charge in [0.1, 0.15) is 5.82 Å². The van der Waals surface area contributed by atoms with Gasteiger partial charge in [-0.3, -0.25) is 5.10 Å². The van der Waals surface area contributed by atoms with E-state index in [0.29, 0.717) is 5.92 Å². The van der Waals surface area contributed by atoms with Gasteiger partial charge in [-0.25, -0.2) is 0 Å². The van der Waals surface area contributed by atoms with Crippen LogP contribution in [0.4, 0.5) is 5.95 Å².